The monoisotopic (exact) mass is 288 g/mol. The van der Waals surface area contributed by atoms with Gasteiger partial charge in [-0.3, -0.25) is 4.79 Å². The molecule has 2 heterocycles. The smallest absolute Gasteiger partial charge is 0.242 e. The molecular formula is C16H20N2O3. The molecule has 2 aromatic rings. The molecule has 5 nitrogen and oxygen atoms in total. The normalized spacial score (nSPS) is 14.7. The lowest BCUT2D eigenvalue weighted by Crippen LogP contribution is -2.30. The molecule has 0 atom stereocenters. The van der Waals surface area contributed by atoms with Gasteiger partial charge in [0.15, 0.2) is 0 Å². The van der Waals surface area contributed by atoms with Crippen LogP contribution in [0.2, 0.25) is 0 Å². The van der Waals surface area contributed by atoms with Gasteiger partial charge < -0.3 is 18.9 Å². The lowest BCUT2D eigenvalue weighted by molar-refractivity contribution is -0.130. The first-order valence-electron chi connectivity index (χ1n) is 7.21. The summed E-state index contributed by atoms with van der Waals surface area (Å²) >= 11 is 0. The molecule has 0 spiro atoms. The van der Waals surface area contributed by atoms with Crippen LogP contribution in [0.25, 0.3) is 10.9 Å². The molecule has 1 amide bonds. The van der Waals surface area contributed by atoms with Crippen LogP contribution in [0, 0.1) is 0 Å². The summed E-state index contributed by atoms with van der Waals surface area (Å²) in [5, 5.41) is 0.993. The number of hydrogen-bond acceptors (Lipinski definition) is 3. The number of likely N-dealkylation sites (tertiary alicyclic amines) is 1. The molecule has 0 radical (unpaired) electrons. The van der Waals surface area contributed by atoms with Crippen molar-refractivity contribution in [3.63, 3.8) is 0 Å². The Balaban J connectivity index is 1.93. The highest BCUT2D eigenvalue weighted by Gasteiger charge is 2.19. The summed E-state index contributed by atoms with van der Waals surface area (Å²) in [6.45, 7) is 2.12. The fraction of sp³-hybridized carbons (Fsp3) is 0.438. The van der Waals surface area contributed by atoms with Gasteiger partial charge in [0.2, 0.25) is 5.91 Å². The minimum Gasteiger partial charge on any atom is -0.497 e. The maximum absolute atomic E-state index is 12.3. The van der Waals surface area contributed by atoms with Gasteiger partial charge in [-0.2, -0.15) is 0 Å². The van der Waals surface area contributed by atoms with E-state index in [9.17, 15) is 4.79 Å². The van der Waals surface area contributed by atoms with Crippen molar-refractivity contribution in [1.82, 2.24) is 9.47 Å². The first kappa shape index (κ1) is 13.8. The Labute approximate surface area is 124 Å². The Morgan fingerprint density at radius 3 is 2.62 bits per heavy atom. The zero-order valence-corrected chi connectivity index (χ0v) is 12.5. The van der Waals surface area contributed by atoms with E-state index < -0.39 is 0 Å². The van der Waals surface area contributed by atoms with Crippen molar-refractivity contribution in [1.29, 1.82) is 0 Å². The van der Waals surface area contributed by atoms with Crippen LogP contribution in [0.1, 0.15) is 12.8 Å². The lowest BCUT2D eigenvalue weighted by atomic mass is 10.2. The van der Waals surface area contributed by atoms with Gasteiger partial charge in [0.1, 0.15) is 18.0 Å². The summed E-state index contributed by atoms with van der Waals surface area (Å²) in [6, 6.07) is 5.77. The zero-order chi connectivity index (χ0) is 14.8. The molecule has 1 aromatic heterocycles. The van der Waals surface area contributed by atoms with Gasteiger partial charge >= 0.3 is 0 Å². The van der Waals surface area contributed by atoms with Crippen LogP contribution >= 0.6 is 0 Å². The standard InChI is InChI=1S/C16H20N2O3/c1-20-12-9-14-13(15(10-12)21-2)5-8-18(14)11-16(19)17-6-3-4-7-17/h5,8-10H,3-4,6-7,11H2,1-2H3. The van der Waals surface area contributed by atoms with Crippen LogP contribution in [-0.2, 0) is 11.3 Å². The van der Waals surface area contributed by atoms with Gasteiger partial charge in [0.05, 0.1) is 19.7 Å². The summed E-state index contributed by atoms with van der Waals surface area (Å²) in [5.41, 5.74) is 0.957. The lowest BCUT2D eigenvalue weighted by Gasteiger charge is -2.16. The number of fused-ring (bicyclic) bond motifs is 1. The molecule has 1 saturated heterocycles. The number of ether oxygens (including phenoxy) is 2. The van der Waals surface area contributed by atoms with E-state index >= 15 is 0 Å². The van der Waals surface area contributed by atoms with Crippen molar-refractivity contribution < 1.29 is 14.3 Å². The number of nitrogens with zero attached hydrogens (tertiary/aromatic N) is 2. The Morgan fingerprint density at radius 2 is 1.95 bits per heavy atom. The third kappa shape index (κ3) is 2.55. The highest BCUT2D eigenvalue weighted by molar-refractivity contribution is 5.89. The van der Waals surface area contributed by atoms with Crippen LogP contribution in [-0.4, -0.2) is 42.7 Å². The number of rotatable bonds is 4. The predicted octanol–water partition coefficient (Wildman–Crippen LogP) is 2.28. The van der Waals surface area contributed by atoms with Gasteiger partial charge in [-0.25, -0.2) is 0 Å². The fourth-order valence-corrected chi connectivity index (χ4v) is 2.87. The first-order valence-corrected chi connectivity index (χ1v) is 7.21. The molecular weight excluding hydrogens is 268 g/mol. The third-order valence-electron chi connectivity index (χ3n) is 4.04. The third-order valence-corrected chi connectivity index (χ3v) is 4.04. The average molecular weight is 288 g/mol. The van der Waals surface area contributed by atoms with Crippen molar-refractivity contribution in [2.75, 3.05) is 27.3 Å². The second-order valence-electron chi connectivity index (χ2n) is 5.29. The van der Waals surface area contributed by atoms with Gasteiger partial charge in [-0.05, 0) is 18.9 Å². The van der Waals surface area contributed by atoms with E-state index in [1.165, 1.54) is 0 Å². The van der Waals surface area contributed by atoms with Crippen molar-refractivity contribution in [3.05, 3.63) is 24.4 Å². The minimum atomic E-state index is 0.173. The number of benzene rings is 1. The minimum absolute atomic E-state index is 0.173. The SMILES string of the molecule is COc1cc(OC)c2ccn(CC(=O)N3CCCC3)c2c1. The highest BCUT2D eigenvalue weighted by atomic mass is 16.5. The van der Waals surface area contributed by atoms with E-state index in [1.807, 2.05) is 33.9 Å². The number of aromatic nitrogens is 1. The Hall–Kier alpha value is -2.17. The largest absolute Gasteiger partial charge is 0.497 e. The quantitative estimate of drug-likeness (QED) is 0.867. The number of carbonyl (C=O) groups is 1. The number of methoxy groups -OCH3 is 2. The Bertz CT molecular complexity index is 657. The first-order chi connectivity index (χ1) is 10.2. The molecule has 0 aliphatic carbocycles. The van der Waals surface area contributed by atoms with Gasteiger partial charge in [-0.15, -0.1) is 0 Å². The molecule has 5 heteroatoms. The summed E-state index contributed by atoms with van der Waals surface area (Å²) in [4.78, 5) is 14.2. The Morgan fingerprint density at radius 1 is 1.19 bits per heavy atom. The molecule has 0 unspecified atom stereocenters. The van der Waals surface area contributed by atoms with Crippen molar-refractivity contribution in [2.24, 2.45) is 0 Å². The van der Waals surface area contributed by atoms with Crippen molar-refractivity contribution in [3.8, 4) is 11.5 Å². The van der Waals surface area contributed by atoms with E-state index in [0.717, 1.165) is 48.3 Å². The van der Waals surface area contributed by atoms with Gasteiger partial charge in [0, 0.05) is 36.8 Å². The van der Waals surface area contributed by atoms with Gasteiger partial charge in [-0.1, -0.05) is 0 Å². The molecule has 1 aromatic carbocycles. The van der Waals surface area contributed by atoms with Crippen LogP contribution in [0.5, 0.6) is 11.5 Å². The molecule has 0 bridgehead atoms. The van der Waals surface area contributed by atoms with Crippen LogP contribution < -0.4 is 9.47 Å². The molecule has 1 aliphatic heterocycles. The summed E-state index contributed by atoms with van der Waals surface area (Å²) in [6.07, 6.45) is 4.15. The summed E-state index contributed by atoms with van der Waals surface area (Å²) in [7, 11) is 3.27. The number of carbonyl (C=O) groups excluding carboxylic acids is 1. The predicted molar refractivity (Wildman–Crippen MR) is 80.9 cm³/mol. The molecule has 0 N–H and O–H groups in total. The van der Waals surface area contributed by atoms with E-state index in [0.29, 0.717) is 6.54 Å². The topological polar surface area (TPSA) is 43.7 Å². The average Bonchev–Trinajstić information content (AvgIpc) is 3.16. The molecule has 1 fully saturated rings. The maximum Gasteiger partial charge on any atom is 0.242 e. The summed E-state index contributed by atoms with van der Waals surface area (Å²) < 4.78 is 12.7. The molecule has 1 aliphatic rings. The second-order valence-corrected chi connectivity index (χ2v) is 5.29. The highest BCUT2D eigenvalue weighted by Crippen LogP contribution is 2.32. The van der Waals surface area contributed by atoms with E-state index in [4.69, 9.17) is 9.47 Å². The number of hydrogen-bond donors (Lipinski definition) is 0. The fourth-order valence-electron chi connectivity index (χ4n) is 2.87. The van der Waals surface area contributed by atoms with Gasteiger partial charge in [0.25, 0.3) is 0 Å². The second kappa shape index (κ2) is 5.68. The molecule has 0 saturated carbocycles. The van der Waals surface area contributed by atoms with Crippen molar-refractivity contribution in [2.45, 2.75) is 19.4 Å². The van der Waals surface area contributed by atoms with E-state index in [1.54, 1.807) is 14.2 Å². The van der Waals surface area contributed by atoms with Crippen molar-refractivity contribution >= 4 is 16.8 Å². The van der Waals surface area contributed by atoms with Crippen LogP contribution in [0.15, 0.2) is 24.4 Å². The molecule has 112 valence electrons. The number of amides is 1. The van der Waals surface area contributed by atoms with Crippen LogP contribution in [0.3, 0.4) is 0 Å². The summed E-state index contributed by atoms with van der Waals surface area (Å²) in [5.74, 6) is 1.66. The van der Waals surface area contributed by atoms with Crippen LogP contribution in [0.4, 0.5) is 0 Å². The zero-order valence-electron chi connectivity index (χ0n) is 12.5. The molecule has 3 rings (SSSR count). The van der Waals surface area contributed by atoms with E-state index in [2.05, 4.69) is 0 Å². The Kier molecular flexibility index (Phi) is 3.73. The molecule has 21 heavy (non-hydrogen) atoms. The van der Waals surface area contributed by atoms with E-state index in [-0.39, 0.29) is 5.91 Å². The maximum atomic E-state index is 12.3.